The molecule has 1 N–H and O–H groups in total. The molecule has 1 saturated carbocycles. The van der Waals surface area contributed by atoms with Gasteiger partial charge in [-0.3, -0.25) is 4.79 Å². The molecular formula is C21H24FNO3S. The van der Waals surface area contributed by atoms with Crippen molar-refractivity contribution in [3.8, 4) is 0 Å². The average molecular weight is 389 g/mol. The lowest BCUT2D eigenvalue weighted by molar-refractivity contribution is 0.101. The van der Waals surface area contributed by atoms with E-state index in [2.05, 4.69) is 4.72 Å². The molecule has 0 aromatic heterocycles. The summed E-state index contributed by atoms with van der Waals surface area (Å²) < 4.78 is 40.9. The van der Waals surface area contributed by atoms with Gasteiger partial charge in [-0.15, -0.1) is 0 Å². The summed E-state index contributed by atoms with van der Waals surface area (Å²) in [4.78, 5) is 11.5. The van der Waals surface area contributed by atoms with Gasteiger partial charge >= 0.3 is 0 Å². The van der Waals surface area contributed by atoms with E-state index in [4.69, 9.17) is 0 Å². The van der Waals surface area contributed by atoms with Gasteiger partial charge in [0, 0.05) is 12.1 Å². The van der Waals surface area contributed by atoms with Crippen LogP contribution >= 0.6 is 0 Å². The molecule has 1 aliphatic carbocycles. The number of hydrogen-bond donors (Lipinski definition) is 1. The maximum absolute atomic E-state index is 13.1. The molecule has 0 spiro atoms. The summed E-state index contributed by atoms with van der Waals surface area (Å²) in [7, 11) is -3.67. The van der Waals surface area contributed by atoms with E-state index in [0.717, 1.165) is 49.8 Å². The molecule has 1 aliphatic rings. The van der Waals surface area contributed by atoms with E-state index in [9.17, 15) is 17.6 Å². The zero-order chi connectivity index (χ0) is 19.5. The number of carbonyl (C=O) groups excluding carboxylic acids is 1. The Hall–Kier alpha value is -2.05. The molecule has 0 amide bonds. The van der Waals surface area contributed by atoms with Crippen LogP contribution in [0.25, 0.3) is 0 Å². The van der Waals surface area contributed by atoms with Gasteiger partial charge in [-0.05, 0) is 61.4 Å². The van der Waals surface area contributed by atoms with Gasteiger partial charge in [0.1, 0.15) is 5.82 Å². The largest absolute Gasteiger partial charge is 0.295 e. The first-order valence-electron chi connectivity index (χ1n) is 9.15. The lowest BCUT2D eigenvalue weighted by atomic mass is 9.80. The van der Waals surface area contributed by atoms with Crippen LogP contribution in [-0.2, 0) is 16.4 Å². The summed E-state index contributed by atoms with van der Waals surface area (Å²) in [5.41, 5.74) is 1.64. The average Bonchev–Trinajstić information content (AvgIpc) is 3.10. The number of rotatable bonds is 7. The predicted octanol–water partition coefficient (Wildman–Crippen LogP) is 4.11. The van der Waals surface area contributed by atoms with Crippen LogP contribution in [0.1, 0.15) is 48.5 Å². The minimum absolute atomic E-state index is 0.0317. The second-order valence-electron chi connectivity index (χ2n) is 7.42. The fourth-order valence-electron chi connectivity index (χ4n) is 3.78. The van der Waals surface area contributed by atoms with E-state index in [1.54, 1.807) is 0 Å². The third-order valence-corrected chi connectivity index (χ3v) is 6.78. The number of benzene rings is 2. The zero-order valence-corrected chi connectivity index (χ0v) is 16.2. The van der Waals surface area contributed by atoms with Crippen molar-refractivity contribution in [3.63, 3.8) is 0 Å². The number of hydrogen-bond acceptors (Lipinski definition) is 3. The van der Waals surface area contributed by atoms with Gasteiger partial charge in [-0.25, -0.2) is 17.5 Å². The summed E-state index contributed by atoms with van der Waals surface area (Å²) in [5, 5.41) is 0. The highest BCUT2D eigenvalue weighted by Gasteiger charge is 2.35. The van der Waals surface area contributed by atoms with Gasteiger partial charge < -0.3 is 0 Å². The number of sulfonamides is 1. The number of halogens is 1. The van der Waals surface area contributed by atoms with Crippen LogP contribution in [0, 0.1) is 11.2 Å². The van der Waals surface area contributed by atoms with E-state index in [1.807, 2.05) is 24.3 Å². The molecule has 0 aliphatic heterocycles. The molecular weight excluding hydrogens is 365 g/mol. The minimum Gasteiger partial charge on any atom is -0.295 e. The van der Waals surface area contributed by atoms with Crippen LogP contribution in [0.15, 0.2) is 53.4 Å². The number of ketones is 1. The first-order valence-corrected chi connectivity index (χ1v) is 10.6. The van der Waals surface area contributed by atoms with Crippen molar-refractivity contribution in [2.75, 3.05) is 6.54 Å². The van der Waals surface area contributed by atoms with Crippen molar-refractivity contribution < 1.29 is 17.6 Å². The number of carbonyl (C=O) groups is 1. The van der Waals surface area contributed by atoms with Gasteiger partial charge in [0.15, 0.2) is 5.78 Å². The van der Waals surface area contributed by atoms with E-state index in [0.29, 0.717) is 12.1 Å². The number of Topliss-reactive ketones (excluding diaryl/α,β-unsaturated/α-hetero) is 1. The highest BCUT2D eigenvalue weighted by Crippen LogP contribution is 2.40. The van der Waals surface area contributed by atoms with Crippen molar-refractivity contribution in [2.45, 2.75) is 43.9 Å². The second-order valence-corrected chi connectivity index (χ2v) is 9.18. The van der Waals surface area contributed by atoms with Crippen LogP contribution in [0.4, 0.5) is 4.39 Å². The van der Waals surface area contributed by atoms with Gasteiger partial charge in [0.2, 0.25) is 10.0 Å². The van der Waals surface area contributed by atoms with E-state index >= 15 is 0 Å². The third-order valence-electron chi connectivity index (χ3n) is 5.36. The maximum Gasteiger partial charge on any atom is 0.240 e. The molecule has 4 nitrogen and oxygen atoms in total. The van der Waals surface area contributed by atoms with Crippen molar-refractivity contribution in [1.82, 2.24) is 4.72 Å². The molecule has 27 heavy (non-hydrogen) atoms. The highest BCUT2D eigenvalue weighted by atomic mass is 32.2. The van der Waals surface area contributed by atoms with Crippen molar-refractivity contribution in [3.05, 3.63) is 65.5 Å². The van der Waals surface area contributed by atoms with Crippen LogP contribution < -0.4 is 4.72 Å². The lowest BCUT2D eigenvalue weighted by Gasteiger charge is -2.29. The van der Waals surface area contributed by atoms with Crippen molar-refractivity contribution in [2.24, 2.45) is 5.41 Å². The van der Waals surface area contributed by atoms with Crippen molar-refractivity contribution >= 4 is 15.8 Å². The molecule has 0 atom stereocenters. The molecule has 0 unspecified atom stereocenters. The van der Waals surface area contributed by atoms with Gasteiger partial charge in [-0.1, -0.05) is 37.1 Å². The summed E-state index contributed by atoms with van der Waals surface area (Å²) in [5.74, 6) is -0.431. The summed E-state index contributed by atoms with van der Waals surface area (Å²) in [6.45, 7) is 1.89. The maximum atomic E-state index is 13.1. The quantitative estimate of drug-likeness (QED) is 0.725. The van der Waals surface area contributed by atoms with E-state index in [1.165, 1.54) is 19.1 Å². The third kappa shape index (κ3) is 4.82. The summed E-state index contributed by atoms with van der Waals surface area (Å²) in [6.07, 6.45) is 4.81. The Morgan fingerprint density at radius 1 is 1.04 bits per heavy atom. The second kappa shape index (κ2) is 7.90. The van der Waals surface area contributed by atoms with E-state index in [-0.39, 0.29) is 16.1 Å². The van der Waals surface area contributed by atoms with Crippen molar-refractivity contribution in [1.29, 1.82) is 0 Å². The summed E-state index contributed by atoms with van der Waals surface area (Å²) in [6, 6.07) is 12.4. The minimum atomic E-state index is -3.67. The van der Waals surface area contributed by atoms with Gasteiger partial charge in [0.25, 0.3) is 0 Å². The highest BCUT2D eigenvalue weighted by molar-refractivity contribution is 7.89. The fourth-order valence-corrected chi connectivity index (χ4v) is 4.93. The lowest BCUT2D eigenvalue weighted by Crippen LogP contribution is -2.37. The van der Waals surface area contributed by atoms with Crippen LogP contribution in [0.5, 0.6) is 0 Å². The molecule has 0 heterocycles. The standard InChI is InChI=1S/C21H24FNO3S/c1-16(24)18-6-4-17(5-7-18)14-21(12-2-3-13-21)15-23-27(25,26)20-10-8-19(22)9-11-20/h4-11,23H,2-3,12-15H2,1H3. The molecule has 0 radical (unpaired) electrons. The first-order chi connectivity index (χ1) is 12.8. The van der Waals surface area contributed by atoms with Crippen LogP contribution in [0.2, 0.25) is 0 Å². The Labute approximate surface area is 159 Å². The zero-order valence-electron chi connectivity index (χ0n) is 15.4. The topological polar surface area (TPSA) is 63.2 Å². The Bertz CT molecular complexity index is 899. The molecule has 144 valence electrons. The predicted molar refractivity (Wildman–Crippen MR) is 103 cm³/mol. The Morgan fingerprint density at radius 3 is 2.19 bits per heavy atom. The normalized spacial score (nSPS) is 16.4. The Kier molecular flexibility index (Phi) is 5.77. The molecule has 1 fully saturated rings. The number of nitrogens with one attached hydrogen (secondary N) is 1. The first kappa shape index (κ1) is 19.7. The Balaban J connectivity index is 1.73. The summed E-state index contributed by atoms with van der Waals surface area (Å²) >= 11 is 0. The molecule has 0 saturated heterocycles. The van der Waals surface area contributed by atoms with E-state index < -0.39 is 15.8 Å². The van der Waals surface area contributed by atoms with Crippen LogP contribution in [0.3, 0.4) is 0 Å². The monoisotopic (exact) mass is 389 g/mol. The van der Waals surface area contributed by atoms with Gasteiger partial charge in [0.05, 0.1) is 4.90 Å². The molecule has 2 aromatic carbocycles. The van der Waals surface area contributed by atoms with Crippen LogP contribution in [-0.4, -0.2) is 20.7 Å². The fraction of sp³-hybridized carbons (Fsp3) is 0.381. The van der Waals surface area contributed by atoms with Gasteiger partial charge in [-0.2, -0.15) is 0 Å². The molecule has 6 heteroatoms. The molecule has 3 rings (SSSR count). The SMILES string of the molecule is CC(=O)c1ccc(CC2(CNS(=O)(=O)c3ccc(F)cc3)CCCC2)cc1. The smallest absolute Gasteiger partial charge is 0.240 e. The molecule has 2 aromatic rings. The Morgan fingerprint density at radius 2 is 1.63 bits per heavy atom. The molecule has 0 bridgehead atoms.